The molecular weight excluding hydrogens is 428 g/mol. The van der Waals surface area contributed by atoms with Crippen molar-refractivity contribution in [3.63, 3.8) is 0 Å². The van der Waals surface area contributed by atoms with Crippen molar-refractivity contribution < 1.29 is 14.9 Å². The molecule has 0 bridgehead atoms. The van der Waals surface area contributed by atoms with Crippen molar-refractivity contribution in [2.24, 2.45) is 14.1 Å². The lowest BCUT2D eigenvalue weighted by Gasteiger charge is -2.36. The van der Waals surface area contributed by atoms with Crippen LogP contribution in [0.1, 0.15) is 5.82 Å². The van der Waals surface area contributed by atoms with E-state index >= 15 is 0 Å². The molecule has 3 aromatic rings. The molecule has 0 aliphatic carbocycles. The van der Waals surface area contributed by atoms with Crippen LogP contribution in [0.2, 0.25) is 0 Å². The van der Waals surface area contributed by atoms with E-state index in [4.69, 9.17) is 4.74 Å². The first-order valence-electron chi connectivity index (χ1n) is 10.9. The molecule has 1 aromatic carbocycles. The number of rotatable bonds is 7. The van der Waals surface area contributed by atoms with Gasteiger partial charge in [-0.15, -0.1) is 0 Å². The van der Waals surface area contributed by atoms with Crippen LogP contribution < -0.4 is 20.9 Å². The minimum absolute atomic E-state index is 0.0155. The summed E-state index contributed by atoms with van der Waals surface area (Å²) in [5.74, 6) is 1.40. The highest BCUT2D eigenvalue weighted by Gasteiger charge is 2.24. The summed E-state index contributed by atoms with van der Waals surface area (Å²) in [6.07, 6.45) is -1.05. The lowest BCUT2D eigenvalue weighted by Crippen LogP contribution is -2.46. The molecule has 0 spiro atoms. The summed E-state index contributed by atoms with van der Waals surface area (Å²) in [5.41, 5.74) is 0.729. The van der Waals surface area contributed by atoms with Gasteiger partial charge in [-0.2, -0.15) is 0 Å². The zero-order chi connectivity index (χ0) is 23.7. The molecule has 11 heteroatoms. The summed E-state index contributed by atoms with van der Waals surface area (Å²) in [4.78, 5) is 34.4. The third kappa shape index (κ3) is 4.39. The average Bonchev–Trinajstić information content (AvgIpc) is 3.19. The number of imidazole rings is 1. The molecule has 1 saturated heterocycles. The molecule has 0 unspecified atom stereocenters. The Morgan fingerprint density at radius 2 is 1.73 bits per heavy atom. The Kier molecular flexibility index (Phi) is 6.54. The Morgan fingerprint density at radius 3 is 2.33 bits per heavy atom. The third-order valence-corrected chi connectivity index (χ3v) is 6.21. The highest BCUT2D eigenvalue weighted by molar-refractivity contribution is 5.71. The number of aromatic nitrogens is 4. The second kappa shape index (κ2) is 9.38. The molecule has 3 heterocycles. The number of fused-ring (bicyclic) bond motifs is 1. The monoisotopic (exact) mass is 458 g/mol. The summed E-state index contributed by atoms with van der Waals surface area (Å²) in [5, 5.41) is 19.5. The fourth-order valence-corrected chi connectivity index (χ4v) is 4.23. The van der Waals surface area contributed by atoms with E-state index in [0.29, 0.717) is 12.4 Å². The smallest absolute Gasteiger partial charge is 0.332 e. The highest BCUT2D eigenvalue weighted by Crippen LogP contribution is 2.21. The quantitative estimate of drug-likeness (QED) is 0.469. The molecule has 1 aliphatic heterocycles. The van der Waals surface area contributed by atoms with Gasteiger partial charge in [0.05, 0.1) is 32.9 Å². The van der Waals surface area contributed by atoms with Crippen molar-refractivity contribution >= 4 is 16.9 Å². The van der Waals surface area contributed by atoms with Gasteiger partial charge in [-0.3, -0.25) is 18.8 Å². The summed E-state index contributed by atoms with van der Waals surface area (Å²) < 4.78 is 9.23. The normalized spacial score (nSPS) is 15.8. The van der Waals surface area contributed by atoms with Gasteiger partial charge >= 0.3 is 5.69 Å². The highest BCUT2D eigenvalue weighted by atomic mass is 16.5. The maximum absolute atomic E-state index is 12.9. The van der Waals surface area contributed by atoms with E-state index in [9.17, 15) is 19.8 Å². The van der Waals surface area contributed by atoms with E-state index in [-0.39, 0.29) is 17.7 Å². The van der Waals surface area contributed by atoms with Crippen molar-refractivity contribution in [1.29, 1.82) is 0 Å². The Labute approximate surface area is 190 Å². The lowest BCUT2D eigenvalue weighted by atomic mass is 10.2. The second-order valence-electron chi connectivity index (χ2n) is 8.31. The van der Waals surface area contributed by atoms with Crippen LogP contribution in [0, 0.1) is 0 Å². The summed E-state index contributed by atoms with van der Waals surface area (Å²) >= 11 is 0. The molecule has 1 aliphatic rings. The Morgan fingerprint density at radius 1 is 1.06 bits per heavy atom. The standard InChI is InChI=1S/C22H30N6O5/c1-24-20-19(21(31)25(2)22(24)32)28(12-16(30)14-29)18(23-20)13-26-8-10-27(11-9-26)15-4-6-17(33-3)7-5-15/h4-7,16,29-30H,8-14H2,1-3H3/t16-/m1/s1. The van der Waals surface area contributed by atoms with Crippen molar-refractivity contribution in [3.05, 3.63) is 50.9 Å². The maximum atomic E-state index is 12.9. The largest absolute Gasteiger partial charge is 0.497 e. The zero-order valence-electron chi connectivity index (χ0n) is 19.1. The van der Waals surface area contributed by atoms with Gasteiger partial charge in [-0.05, 0) is 24.3 Å². The molecule has 11 nitrogen and oxygen atoms in total. The molecule has 1 atom stereocenters. The topological polar surface area (TPSA) is 118 Å². The number of aliphatic hydroxyl groups is 2. The van der Waals surface area contributed by atoms with Gasteiger partial charge in [0.2, 0.25) is 0 Å². The molecule has 2 N–H and O–H groups in total. The van der Waals surface area contributed by atoms with E-state index in [1.54, 1.807) is 18.7 Å². The first-order valence-corrected chi connectivity index (χ1v) is 10.9. The van der Waals surface area contributed by atoms with Crippen molar-refractivity contribution in [3.8, 4) is 5.75 Å². The van der Waals surface area contributed by atoms with Crippen LogP contribution in [0.4, 0.5) is 5.69 Å². The summed E-state index contributed by atoms with van der Waals surface area (Å²) in [7, 11) is 4.64. The number of hydrogen-bond donors (Lipinski definition) is 2. The van der Waals surface area contributed by atoms with Crippen molar-refractivity contribution in [1.82, 2.24) is 23.6 Å². The minimum Gasteiger partial charge on any atom is -0.497 e. The molecule has 0 saturated carbocycles. The summed E-state index contributed by atoms with van der Waals surface area (Å²) in [6.45, 7) is 3.26. The van der Waals surface area contributed by atoms with Crippen LogP contribution in [0.5, 0.6) is 5.75 Å². The van der Waals surface area contributed by atoms with E-state index in [1.807, 2.05) is 24.3 Å². The molecule has 178 valence electrons. The fourth-order valence-electron chi connectivity index (χ4n) is 4.23. The summed E-state index contributed by atoms with van der Waals surface area (Å²) in [6, 6.07) is 7.98. The van der Waals surface area contributed by atoms with Crippen LogP contribution in [0.15, 0.2) is 33.9 Å². The van der Waals surface area contributed by atoms with Crippen LogP contribution in [0.3, 0.4) is 0 Å². The molecule has 1 fully saturated rings. The van der Waals surface area contributed by atoms with Gasteiger partial charge < -0.3 is 24.4 Å². The van der Waals surface area contributed by atoms with Gasteiger partial charge in [0.1, 0.15) is 11.6 Å². The first-order chi connectivity index (χ1) is 15.8. The van der Waals surface area contributed by atoms with Crippen LogP contribution in [-0.4, -0.2) is 79.8 Å². The molecule has 2 aromatic heterocycles. The van der Waals surface area contributed by atoms with Crippen LogP contribution >= 0.6 is 0 Å². The van der Waals surface area contributed by atoms with E-state index in [2.05, 4.69) is 14.8 Å². The molecule has 0 radical (unpaired) electrons. The number of anilines is 1. The average molecular weight is 459 g/mol. The van der Waals surface area contributed by atoms with Gasteiger partial charge in [-0.1, -0.05) is 0 Å². The number of aryl methyl sites for hydroxylation is 1. The lowest BCUT2D eigenvalue weighted by molar-refractivity contribution is 0.0806. The van der Waals surface area contributed by atoms with Crippen molar-refractivity contribution in [2.75, 3.05) is 44.8 Å². The molecular formula is C22H30N6O5. The number of methoxy groups -OCH3 is 1. The number of hydrogen-bond acceptors (Lipinski definition) is 8. The number of piperazine rings is 1. The van der Waals surface area contributed by atoms with Crippen molar-refractivity contribution in [2.45, 2.75) is 19.2 Å². The van der Waals surface area contributed by atoms with E-state index in [1.165, 1.54) is 11.6 Å². The zero-order valence-corrected chi connectivity index (χ0v) is 19.1. The molecule has 0 amide bonds. The van der Waals surface area contributed by atoms with Crippen LogP contribution in [-0.2, 0) is 27.2 Å². The van der Waals surface area contributed by atoms with Crippen LogP contribution in [0.25, 0.3) is 11.2 Å². The Hall–Kier alpha value is -3.15. The Balaban J connectivity index is 1.59. The van der Waals surface area contributed by atoms with Gasteiger partial charge in [0.25, 0.3) is 5.56 Å². The van der Waals surface area contributed by atoms with Gasteiger partial charge in [-0.25, -0.2) is 9.78 Å². The number of aliphatic hydroxyl groups excluding tert-OH is 2. The van der Waals surface area contributed by atoms with Gasteiger partial charge in [0, 0.05) is 46.0 Å². The Bertz CT molecular complexity index is 1240. The number of benzene rings is 1. The fraction of sp³-hybridized carbons (Fsp3) is 0.500. The predicted molar refractivity (Wildman–Crippen MR) is 124 cm³/mol. The molecule has 4 rings (SSSR count). The molecule has 33 heavy (non-hydrogen) atoms. The first kappa shape index (κ1) is 23.0. The van der Waals surface area contributed by atoms with E-state index in [0.717, 1.165) is 42.2 Å². The maximum Gasteiger partial charge on any atom is 0.332 e. The van der Waals surface area contributed by atoms with E-state index < -0.39 is 24.0 Å². The second-order valence-corrected chi connectivity index (χ2v) is 8.31. The van der Waals surface area contributed by atoms with Gasteiger partial charge in [0.15, 0.2) is 11.2 Å². The SMILES string of the molecule is COc1ccc(N2CCN(Cc3nc4c(c(=O)n(C)c(=O)n4C)n3C[C@@H](O)CO)CC2)cc1. The minimum atomic E-state index is -1.05. The predicted octanol–water partition coefficient (Wildman–Crippen LogP) is -0.882. The number of ether oxygens (including phenoxy) is 1. The number of nitrogens with zero attached hydrogens (tertiary/aromatic N) is 6. The third-order valence-electron chi connectivity index (χ3n) is 6.21.